The number of furan rings is 1. The maximum Gasteiger partial charge on any atom is 0.299 e. The largest absolute Gasteiger partial charge is 0.466 e. The summed E-state index contributed by atoms with van der Waals surface area (Å²) in [5.41, 5.74) is 19.7. The SMILES string of the molecule is [C-]#[N+]c1c(-c2ccc([Si](c3cc(C)cc(C)c3)(c3cc(C)cc(C)c3)c3cc(C)cc(C)c3)cc2)ccc2c1oc1c(-c3n(-c4c(C(C)C)cccc4C(C)C)c4ccccc4[n+]3C)c(C)ccc12. The zero-order valence-electron chi connectivity index (χ0n) is 42.3. The standard InChI is InChI=1S/C64H62N3OSi/c1-38(2)52-17-16-18-53(39(3)4)61(52)67-58-20-15-14-19-57(58)66(13)64(67)59-46(11)21-26-55-56-28-27-54(60(65-12)63(56)68-62(55)59)47-22-24-48(25-23-47)69(49-32-40(5)29-41(6)33-49,50-34-42(7)30-43(8)35-50)51-36-44(9)31-45(10)37-51/h14-39H,1-11,13H3/q+1. The Kier molecular flexibility index (Phi) is 11.5. The third kappa shape index (κ3) is 7.45. The number of rotatable bonds is 9. The first-order chi connectivity index (χ1) is 33.1. The van der Waals surface area contributed by atoms with Crippen LogP contribution in [0.5, 0.6) is 0 Å². The average Bonchev–Trinajstić information content (AvgIpc) is 3.82. The molecule has 0 aliphatic rings. The number of aromatic nitrogens is 2. The summed E-state index contributed by atoms with van der Waals surface area (Å²) in [5.74, 6) is 1.66. The number of para-hydroxylation sites is 3. The van der Waals surface area contributed by atoms with E-state index in [1.54, 1.807) is 0 Å². The van der Waals surface area contributed by atoms with E-state index in [0.29, 0.717) is 23.1 Å². The van der Waals surface area contributed by atoms with Crippen molar-refractivity contribution in [3.8, 4) is 28.2 Å². The molecule has 10 aromatic rings. The lowest BCUT2D eigenvalue weighted by Gasteiger charge is -2.36. The summed E-state index contributed by atoms with van der Waals surface area (Å²) >= 11 is 0. The first kappa shape index (κ1) is 45.5. The van der Waals surface area contributed by atoms with Gasteiger partial charge >= 0.3 is 0 Å². The fourth-order valence-corrected chi connectivity index (χ4v) is 17.0. The Hall–Kier alpha value is -7.26. The van der Waals surface area contributed by atoms with Gasteiger partial charge in [-0.05, 0) is 110 Å². The molecule has 0 aliphatic heterocycles. The predicted molar refractivity (Wildman–Crippen MR) is 294 cm³/mol. The highest BCUT2D eigenvalue weighted by Gasteiger charge is 2.42. The molecule has 69 heavy (non-hydrogen) atoms. The van der Waals surface area contributed by atoms with Crippen molar-refractivity contribution in [1.82, 2.24) is 4.57 Å². The average molecular weight is 917 g/mol. The number of benzene rings is 8. The molecule has 0 saturated heterocycles. The van der Waals surface area contributed by atoms with Crippen LogP contribution in [0.2, 0.25) is 0 Å². The van der Waals surface area contributed by atoms with Crippen molar-refractivity contribution < 1.29 is 8.98 Å². The van der Waals surface area contributed by atoms with Gasteiger partial charge in [-0.3, -0.25) is 0 Å². The van der Waals surface area contributed by atoms with E-state index < -0.39 is 8.07 Å². The van der Waals surface area contributed by atoms with Gasteiger partial charge in [-0.15, -0.1) is 0 Å². The first-order valence-electron chi connectivity index (χ1n) is 24.5. The van der Waals surface area contributed by atoms with Gasteiger partial charge in [0, 0.05) is 21.9 Å². The molecule has 0 aliphatic carbocycles. The summed E-state index contributed by atoms with van der Waals surface area (Å²) < 4.78 is 12.0. The second-order valence-corrected chi connectivity index (χ2v) is 24.3. The van der Waals surface area contributed by atoms with Gasteiger partial charge in [0.1, 0.15) is 22.4 Å². The number of hydrogen-bond acceptors (Lipinski definition) is 1. The van der Waals surface area contributed by atoms with Gasteiger partial charge in [-0.1, -0.05) is 195 Å². The van der Waals surface area contributed by atoms with Gasteiger partial charge in [0.2, 0.25) is 5.69 Å². The maximum absolute atomic E-state index is 8.79. The van der Waals surface area contributed by atoms with Crippen LogP contribution in [0.4, 0.5) is 5.69 Å². The molecule has 0 fully saturated rings. The minimum absolute atomic E-state index is 0.304. The van der Waals surface area contributed by atoms with Crippen molar-refractivity contribution in [3.63, 3.8) is 0 Å². The van der Waals surface area contributed by atoms with E-state index in [1.807, 2.05) is 0 Å². The highest BCUT2D eigenvalue weighted by Crippen LogP contribution is 2.46. The van der Waals surface area contributed by atoms with Gasteiger partial charge in [0.25, 0.3) is 5.82 Å². The topological polar surface area (TPSA) is 26.3 Å². The molecule has 0 radical (unpaired) electrons. The number of imidazole rings is 1. The Morgan fingerprint density at radius 2 is 1.03 bits per heavy atom. The number of hydrogen-bond donors (Lipinski definition) is 0. The lowest BCUT2D eigenvalue weighted by atomic mass is 9.92. The van der Waals surface area contributed by atoms with Crippen LogP contribution < -0.4 is 25.3 Å². The van der Waals surface area contributed by atoms with Crippen molar-refractivity contribution in [2.75, 3.05) is 0 Å². The van der Waals surface area contributed by atoms with Crippen LogP contribution in [0.1, 0.15) is 89.6 Å². The van der Waals surface area contributed by atoms with E-state index in [-0.39, 0.29) is 0 Å². The second-order valence-electron chi connectivity index (χ2n) is 20.4. The third-order valence-electron chi connectivity index (χ3n) is 14.5. The quantitative estimate of drug-likeness (QED) is 0.0613. The fraction of sp³-hybridized carbons (Fsp3) is 0.219. The molecular formula is C64H62N3OSi+. The molecule has 342 valence electrons. The smallest absolute Gasteiger partial charge is 0.299 e. The molecule has 0 saturated carbocycles. The van der Waals surface area contributed by atoms with Crippen LogP contribution in [0.3, 0.4) is 0 Å². The summed E-state index contributed by atoms with van der Waals surface area (Å²) in [4.78, 5) is 4.30. The Labute approximate surface area is 409 Å². The lowest BCUT2D eigenvalue weighted by Crippen LogP contribution is -2.75. The summed E-state index contributed by atoms with van der Waals surface area (Å²) in [6.45, 7) is 33.5. The minimum Gasteiger partial charge on any atom is -0.466 e. The van der Waals surface area contributed by atoms with Crippen molar-refractivity contribution in [2.45, 2.75) is 88.0 Å². The fourth-order valence-electron chi connectivity index (χ4n) is 11.7. The van der Waals surface area contributed by atoms with Gasteiger partial charge in [0.05, 0.1) is 13.6 Å². The molecular weight excluding hydrogens is 855 g/mol. The van der Waals surface area contributed by atoms with Gasteiger partial charge < -0.3 is 4.42 Å². The lowest BCUT2D eigenvalue weighted by molar-refractivity contribution is -0.633. The van der Waals surface area contributed by atoms with Gasteiger partial charge in [-0.2, -0.15) is 4.57 Å². The van der Waals surface area contributed by atoms with E-state index in [9.17, 15) is 0 Å². The Bertz CT molecular complexity index is 3510. The first-order valence-corrected chi connectivity index (χ1v) is 26.5. The van der Waals surface area contributed by atoms with E-state index in [1.165, 1.54) is 70.9 Å². The molecule has 8 aromatic carbocycles. The summed E-state index contributed by atoms with van der Waals surface area (Å²) in [5, 5.41) is 7.38. The number of fused-ring (bicyclic) bond motifs is 4. The molecule has 0 amide bonds. The molecule has 10 rings (SSSR count). The van der Waals surface area contributed by atoms with Crippen molar-refractivity contribution in [1.29, 1.82) is 0 Å². The van der Waals surface area contributed by atoms with Crippen LogP contribution in [-0.2, 0) is 7.05 Å². The van der Waals surface area contributed by atoms with Crippen LogP contribution in [0.25, 0.3) is 66.0 Å². The summed E-state index contributed by atoms with van der Waals surface area (Å²) in [6, 6.07) is 54.8. The van der Waals surface area contributed by atoms with Crippen LogP contribution in [0.15, 0.2) is 150 Å². The van der Waals surface area contributed by atoms with E-state index >= 15 is 0 Å². The zero-order chi connectivity index (χ0) is 48.6. The Balaban J connectivity index is 1.20. The van der Waals surface area contributed by atoms with Crippen molar-refractivity contribution in [2.24, 2.45) is 7.05 Å². The Morgan fingerprint density at radius 1 is 0.536 bits per heavy atom. The predicted octanol–water partition coefficient (Wildman–Crippen LogP) is 14.0. The highest BCUT2D eigenvalue weighted by atomic mass is 28.3. The van der Waals surface area contributed by atoms with Crippen molar-refractivity contribution in [3.05, 3.63) is 207 Å². The molecule has 0 unspecified atom stereocenters. The van der Waals surface area contributed by atoms with E-state index in [0.717, 1.165) is 55.5 Å². The number of nitrogens with zero attached hydrogens (tertiary/aromatic N) is 3. The summed E-state index contributed by atoms with van der Waals surface area (Å²) in [7, 11) is -0.721. The molecule has 0 spiro atoms. The molecule has 0 N–H and O–H groups in total. The highest BCUT2D eigenvalue weighted by molar-refractivity contribution is 7.20. The molecule has 4 nitrogen and oxygen atoms in total. The molecule has 2 heterocycles. The normalized spacial score (nSPS) is 12.0. The minimum atomic E-state index is -2.89. The van der Waals surface area contributed by atoms with Gasteiger partial charge in [0.15, 0.2) is 19.1 Å². The second kappa shape index (κ2) is 17.4. The van der Waals surface area contributed by atoms with Crippen LogP contribution in [-0.4, -0.2) is 12.6 Å². The van der Waals surface area contributed by atoms with Crippen LogP contribution in [0, 0.1) is 55.0 Å². The summed E-state index contributed by atoms with van der Waals surface area (Å²) in [6.07, 6.45) is 0. The van der Waals surface area contributed by atoms with Crippen molar-refractivity contribution >= 4 is 67.5 Å². The monoisotopic (exact) mass is 916 g/mol. The molecule has 5 heteroatoms. The molecule has 0 bridgehead atoms. The Morgan fingerprint density at radius 3 is 1.54 bits per heavy atom. The van der Waals surface area contributed by atoms with E-state index in [2.05, 4.69) is 243 Å². The zero-order valence-corrected chi connectivity index (χ0v) is 43.3. The maximum atomic E-state index is 8.79. The third-order valence-corrected chi connectivity index (χ3v) is 19.2. The van der Waals surface area contributed by atoms with Gasteiger partial charge in [-0.25, -0.2) is 9.41 Å². The molecule has 2 aromatic heterocycles. The van der Waals surface area contributed by atoms with Crippen LogP contribution >= 0.6 is 0 Å². The van der Waals surface area contributed by atoms with E-state index in [4.69, 9.17) is 11.0 Å². The molecule has 0 atom stereocenters. The number of aryl methyl sites for hydroxylation is 8.